The summed E-state index contributed by atoms with van der Waals surface area (Å²) < 4.78 is 0. The molecule has 0 radical (unpaired) electrons. The minimum absolute atomic E-state index is 0.0547. The van der Waals surface area contributed by atoms with E-state index in [-0.39, 0.29) is 22.9 Å². The molecule has 0 unspecified atom stereocenters. The molecular formula is C8H7ClN4O. The third-order valence-electron chi connectivity index (χ3n) is 1.46. The quantitative estimate of drug-likeness (QED) is 0.698. The maximum Gasteiger partial charge on any atom is 0.253 e. The van der Waals surface area contributed by atoms with Crippen molar-refractivity contribution in [1.29, 1.82) is 5.26 Å². The lowest BCUT2D eigenvalue weighted by molar-refractivity contribution is 0.0958. The molecule has 72 valence electrons. The van der Waals surface area contributed by atoms with Crippen molar-refractivity contribution in [2.24, 2.45) is 0 Å². The Balaban J connectivity index is 2.82. The van der Waals surface area contributed by atoms with Gasteiger partial charge in [-0.25, -0.2) is 4.98 Å². The van der Waals surface area contributed by atoms with E-state index in [1.807, 2.05) is 0 Å². The number of aromatic nitrogens is 1. The number of carbonyl (C=O) groups excluding carboxylic acids is 1. The Bertz CT molecular complexity index is 399. The van der Waals surface area contributed by atoms with Crippen LogP contribution in [0.3, 0.4) is 0 Å². The van der Waals surface area contributed by atoms with E-state index in [9.17, 15) is 4.79 Å². The van der Waals surface area contributed by atoms with Crippen LogP contribution in [0.2, 0.25) is 5.02 Å². The Hall–Kier alpha value is -1.80. The van der Waals surface area contributed by atoms with Gasteiger partial charge in [0, 0.05) is 6.20 Å². The Morgan fingerprint density at radius 2 is 2.50 bits per heavy atom. The lowest BCUT2D eigenvalue weighted by Crippen LogP contribution is -2.23. The molecule has 0 atom stereocenters. The van der Waals surface area contributed by atoms with E-state index in [1.54, 1.807) is 6.07 Å². The van der Waals surface area contributed by atoms with Crippen LogP contribution < -0.4 is 11.1 Å². The predicted molar refractivity (Wildman–Crippen MR) is 51.6 cm³/mol. The number of halogens is 1. The zero-order valence-corrected chi connectivity index (χ0v) is 7.88. The molecular weight excluding hydrogens is 204 g/mol. The minimum atomic E-state index is -0.402. The van der Waals surface area contributed by atoms with Crippen molar-refractivity contribution in [3.05, 3.63) is 22.8 Å². The van der Waals surface area contributed by atoms with Crippen molar-refractivity contribution in [3.63, 3.8) is 0 Å². The number of rotatable bonds is 2. The maximum atomic E-state index is 11.3. The standard InChI is InChI=1S/C8H7ClN4O/c9-6-3-5(4-13-7(6)11)8(14)12-2-1-10/h3-4H,2H2,(H2,11,13)(H,12,14). The molecule has 1 aromatic heterocycles. The molecule has 1 heterocycles. The van der Waals surface area contributed by atoms with E-state index in [0.717, 1.165) is 0 Å². The smallest absolute Gasteiger partial charge is 0.253 e. The molecule has 0 aliphatic rings. The SMILES string of the molecule is N#CCNC(=O)c1cnc(N)c(Cl)c1. The summed E-state index contributed by atoms with van der Waals surface area (Å²) in [6.07, 6.45) is 1.30. The molecule has 1 rings (SSSR count). The summed E-state index contributed by atoms with van der Waals surface area (Å²) >= 11 is 5.66. The molecule has 0 aliphatic heterocycles. The van der Waals surface area contributed by atoms with Gasteiger partial charge in [0.2, 0.25) is 0 Å². The third kappa shape index (κ3) is 2.34. The normalized spacial score (nSPS) is 9.14. The molecule has 0 bridgehead atoms. The molecule has 14 heavy (non-hydrogen) atoms. The number of anilines is 1. The molecule has 1 amide bonds. The molecule has 0 aliphatic carbocycles. The molecule has 0 fully saturated rings. The van der Waals surface area contributed by atoms with Gasteiger partial charge in [-0.2, -0.15) is 5.26 Å². The monoisotopic (exact) mass is 210 g/mol. The van der Waals surface area contributed by atoms with Crippen molar-refractivity contribution in [2.75, 3.05) is 12.3 Å². The highest BCUT2D eigenvalue weighted by atomic mass is 35.5. The van der Waals surface area contributed by atoms with Gasteiger partial charge in [-0.05, 0) is 6.07 Å². The van der Waals surface area contributed by atoms with Gasteiger partial charge in [-0.3, -0.25) is 4.79 Å². The lowest BCUT2D eigenvalue weighted by atomic mass is 10.2. The highest BCUT2D eigenvalue weighted by Gasteiger charge is 2.07. The van der Waals surface area contributed by atoms with Crippen molar-refractivity contribution >= 4 is 23.3 Å². The van der Waals surface area contributed by atoms with Crippen molar-refractivity contribution in [2.45, 2.75) is 0 Å². The van der Waals surface area contributed by atoms with Crippen molar-refractivity contribution < 1.29 is 4.79 Å². The van der Waals surface area contributed by atoms with E-state index in [4.69, 9.17) is 22.6 Å². The number of nitrogens with one attached hydrogen (secondary N) is 1. The van der Waals surface area contributed by atoms with E-state index < -0.39 is 5.91 Å². The summed E-state index contributed by atoms with van der Waals surface area (Å²) in [7, 11) is 0. The fraction of sp³-hybridized carbons (Fsp3) is 0.125. The third-order valence-corrected chi connectivity index (χ3v) is 1.76. The number of carbonyl (C=O) groups is 1. The van der Waals surface area contributed by atoms with Gasteiger partial charge in [-0.15, -0.1) is 0 Å². The number of nitrogens with two attached hydrogens (primary N) is 1. The average molecular weight is 211 g/mol. The minimum Gasteiger partial charge on any atom is -0.382 e. The zero-order valence-electron chi connectivity index (χ0n) is 7.12. The topological polar surface area (TPSA) is 91.8 Å². The Kier molecular flexibility index (Phi) is 3.26. The fourth-order valence-corrected chi connectivity index (χ4v) is 0.961. The molecule has 6 heteroatoms. The first kappa shape index (κ1) is 10.3. The summed E-state index contributed by atoms with van der Waals surface area (Å²) in [5.74, 6) is -0.232. The summed E-state index contributed by atoms with van der Waals surface area (Å²) in [5.41, 5.74) is 5.64. The van der Waals surface area contributed by atoms with Gasteiger partial charge < -0.3 is 11.1 Å². The fourth-order valence-electron chi connectivity index (χ4n) is 0.795. The summed E-state index contributed by atoms with van der Waals surface area (Å²) in [6.45, 7) is -0.0547. The van der Waals surface area contributed by atoms with Crippen LogP contribution in [0.15, 0.2) is 12.3 Å². The van der Waals surface area contributed by atoms with Crippen LogP contribution >= 0.6 is 11.6 Å². The number of pyridine rings is 1. The molecule has 0 spiro atoms. The zero-order chi connectivity index (χ0) is 10.6. The number of hydrogen-bond acceptors (Lipinski definition) is 4. The van der Waals surface area contributed by atoms with Crippen LogP contribution in [0, 0.1) is 11.3 Å². The summed E-state index contributed by atoms with van der Waals surface area (Å²) in [6, 6.07) is 3.18. The van der Waals surface area contributed by atoms with Gasteiger partial charge in [0.25, 0.3) is 5.91 Å². The molecule has 3 N–H and O–H groups in total. The molecule has 0 aromatic carbocycles. The van der Waals surface area contributed by atoms with Gasteiger partial charge in [-0.1, -0.05) is 11.6 Å². The van der Waals surface area contributed by atoms with E-state index in [1.165, 1.54) is 12.3 Å². The predicted octanol–water partition coefficient (Wildman–Crippen LogP) is 0.571. The highest BCUT2D eigenvalue weighted by molar-refractivity contribution is 6.33. The van der Waals surface area contributed by atoms with Crippen LogP contribution in [-0.4, -0.2) is 17.4 Å². The van der Waals surface area contributed by atoms with Gasteiger partial charge in [0.15, 0.2) is 0 Å². The number of nitrogens with zero attached hydrogens (tertiary/aromatic N) is 2. The van der Waals surface area contributed by atoms with Crippen molar-refractivity contribution in [3.8, 4) is 6.07 Å². The van der Waals surface area contributed by atoms with E-state index >= 15 is 0 Å². The van der Waals surface area contributed by atoms with Crippen LogP contribution in [0.25, 0.3) is 0 Å². The van der Waals surface area contributed by atoms with Crippen LogP contribution in [0.5, 0.6) is 0 Å². The largest absolute Gasteiger partial charge is 0.382 e. The Labute approximate surface area is 85.5 Å². The number of amides is 1. The molecule has 0 saturated heterocycles. The summed E-state index contributed by atoms with van der Waals surface area (Å²) in [5, 5.41) is 10.8. The first-order chi connectivity index (χ1) is 6.65. The lowest BCUT2D eigenvalue weighted by Gasteiger charge is -2.02. The van der Waals surface area contributed by atoms with E-state index in [2.05, 4.69) is 10.3 Å². The number of hydrogen-bond donors (Lipinski definition) is 2. The highest BCUT2D eigenvalue weighted by Crippen LogP contribution is 2.16. The number of nitriles is 1. The average Bonchev–Trinajstić information content (AvgIpc) is 2.18. The Morgan fingerprint density at radius 1 is 1.79 bits per heavy atom. The van der Waals surface area contributed by atoms with Gasteiger partial charge in [0.05, 0.1) is 16.7 Å². The second-order valence-corrected chi connectivity index (χ2v) is 2.84. The van der Waals surface area contributed by atoms with E-state index in [0.29, 0.717) is 0 Å². The van der Waals surface area contributed by atoms with Gasteiger partial charge in [0.1, 0.15) is 12.4 Å². The molecule has 1 aromatic rings. The molecule has 5 nitrogen and oxygen atoms in total. The van der Waals surface area contributed by atoms with Crippen LogP contribution in [-0.2, 0) is 0 Å². The second-order valence-electron chi connectivity index (χ2n) is 2.43. The van der Waals surface area contributed by atoms with Crippen molar-refractivity contribution in [1.82, 2.24) is 10.3 Å². The molecule has 0 saturated carbocycles. The number of nitrogen functional groups attached to an aromatic ring is 1. The second kappa shape index (κ2) is 4.44. The van der Waals surface area contributed by atoms with Crippen LogP contribution in [0.4, 0.5) is 5.82 Å². The maximum absolute atomic E-state index is 11.3. The first-order valence-corrected chi connectivity index (χ1v) is 4.09. The Morgan fingerprint density at radius 3 is 3.07 bits per heavy atom. The first-order valence-electron chi connectivity index (χ1n) is 3.71. The summed E-state index contributed by atoms with van der Waals surface area (Å²) in [4.78, 5) is 15.0. The van der Waals surface area contributed by atoms with Gasteiger partial charge >= 0.3 is 0 Å². The van der Waals surface area contributed by atoms with Crippen LogP contribution in [0.1, 0.15) is 10.4 Å².